The number of carbonyl (C=O) groups excluding carboxylic acids is 2. The molecule has 0 fully saturated rings. The Hall–Kier alpha value is -2.37. The van der Waals surface area contributed by atoms with Gasteiger partial charge in [-0.1, -0.05) is 41.9 Å². The van der Waals surface area contributed by atoms with Crippen molar-refractivity contribution in [2.24, 2.45) is 0 Å². The zero-order chi connectivity index (χ0) is 17.5. The number of esters is 1. The monoisotopic (exact) mass is 347 g/mol. The molecular formula is C18H18ClNO4. The van der Waals surface area contributed by atoms with E-state index >= 15 is 0 Å². The van der Waals surface area contributed by atoms with Gasteiger partial charge in [0, 0.05) is 5.02 Å². The third-order valence-electron chi connectivity index (χ3n) is 3.46. The van der Waals surface area contributed by atoms with Crippen molar-refractivity contribution in [1.82, 2.24) is 5.32 Å². The number of aliphatic hydroxyl groups is 1. The summed E-state index contributed by atoms with van der Waals surface area (Å²) in [5.41, 5.74) is 1.80. The molecule has 0 saturated heterocycles. The fraction of sp³-hybridized carbons (Fsp3) is 0.222. The van der Waals surface area contributed by atoms with Crippen LogP contribution >= 0.6 is 11.6 Å². The minimum Gasteiger partial charge on any atom is -0.452 e. The number of hydrogen-bond donors (Lipinski definition) is 2. The van der Waals surface area contributed by atoms with Gasteiger partial charge < -0.3 is 15.2 Å². The maximum Gasteiger partial charge on any atom is 0.338 e. The Labute approximate surface area is 145 Å². The molecule has 2 aromatic rings. The third-order valence-corrected chi connectivity index (χ3v) is 3.80. The maximum absolute atomic E-state index is 11.9. The Balaban J connectivity index is 1.86. The highest BCUT2D eigenvalue weighted by atomic mass is 35.5. The van der Waals surface area contributed by atoms with Crippen LogP contribution in [0.25, 0.3) is 0 Å². The fourth-order valence-corrected chi connectivity index (χ4v) is 2.45. The van der Waals surface area contributed by atoms with Gasteiger partial charge in [-0.05, 0) is 36.2 Å². The lowest BCUT2D eigenvalue weighted by atomic mass is 10.1. The van der Waals surface area contributed by atoms with Crippen molar-refractivity contribution < 1.29 is 19.4 Å². The second-order valence-electron chi connectivity index (χ2n) is 5.24. The van der Waals surface area contributed by atoms with E-state index in [1.54, 1.807) is 25.1 Å². The second kappa shape index (κ2) is 8.47. The first kappa shape index (κ1) is 18.0. The predicted octanol–water partition coefficient (Wildman–Crippen LogP) is 2.87. The summed E-state index contributed by atoms with van der Waals surface area (Å²) in [6.07, 6.45) is 0. The molecular weight excluding hydrogens is 330 g/mol. The molecule has 1 atom stereocenters. The van der Waals surface area contributed by atoms with Gasteiger partial charge in [0.1, 0.15) is 0 Å². The van der Waals surface area contributed by atoms with E-state index in [0.717, 1.165) is 5.56 Å². The van der Waals surface area contributed by atoms with E-state index in [1.807, 2.05) is 18.2 Å². The summed E-state index contributed by atoms with van der Waals surface area (Å²) in [6, 6.07) is 13.2. The lowest BCUT2D eigenvalue weighted by molar-refractivity contribution is -0.124. The molecule has 2 N–H and O–H groups in total. The molecule has 1 amide bonds. The van der Waals surface area contributed by atoms with Crippen LogP contribution in [0.3, 0.4) is 0 Å². The Kier molecular flexibility index (Phi) is 6.35. The number of amides is 1. The van der Waals surface area contributed by atoms with E-state index in [-0.39, 0.29) is 19.3 Å². The van der Waals surface area contributed by atoms with Crippen LogP contribution in [0.4, 0.5) is 0 Å². The van der Waals surface area contributed by atoms with Gasteiger partial charge >= 0.3 is 5.97 Å². The van der Waals surface area contributed by atoms with Gasteiger partial charge in [-0.25, -0.2) is 4.79 Å². The molecule has 0 aliphatic heterocycles. The highest BCUT2D eigenvalue weighted by molar-refractivity contribution is 6.31. The number of ether oxygens (including phenoxy) is 1. The molecule has 0 bridgehead atoms. The van der Waals surface area contributed by atoms with Crippen LogP contribution < -0.4 is 5.32 Å². The zero-order valence-corrected chi connectivity index (χ0v) is 13.9. The molecule has 0 radical (unpaired) electrons. The number of carbonyl (C=O) groups is 2. The van der Waals surface area contributed by atoms with Gasteiger partial charge in [-0.2, -0.15) is 0 Å². The Morgan fingerprint density at radius 3 is 2.46 bits per heavy atom. The van der Waals surface area contributed by atoms with Gasteiger partial charge in [0.05, 0.1) is 18.2 Å². The number of benzene rings is 2. The van der Waals surface area contributed by atoms with Gasteiger partial charge in [-0.3, -0.25) is 4.79 Å². The van der Waals surface area contributed by atoms with E-state index < -0.39 is 11.9 Å². The lowest BCUT2D eigenvalue weighted by Gasteiger charge is -2.15. The van der Waals surface area contributed by atoms with Crippen LogP contribution in [0.15, 0.2) is 48.5 Å². The lowest BCUT2D eigenvalue weighted by Crippen LogP contribution is -2.31. The van der Waals surface area contributed by atoms with E-state index in [9.17, 15) is 9.59 Å². The Morgan fingerprint density at radius 2 is 1.83 bits per heavy atom. The number of halogens is 1. The van der Waals surface area contributed by atoms with E-state index in [2.05, 4.69) is 5.32 Å². The summed E-state index contributed by atoms with van der Waals surface area (Å²) < 4.78 is 4.98. The third kappa shape index (κ3) is 4.81. The minimum absolute atomic E-state index is 0.0995. The van der Waals surface area contributed by atoms with Crippen LogP contribution in [0, 0.1) is 0 Å². The van der Waals surface area contributed by atoms with Crippen LogP contribution in [0.1, 0.15) is 34.5 Å². The van der Waals surface area contributed by atoms with Gasteiger partial charge in [0.25, 0.3) is 5.91 Å². The molecule has 0 saturated carbocycles. The summed E-state index contributed by atoms with van der Waals surface area (Å²) in [6.45, 7) is 1.32. The largest absolute Gasteiger partial charge is 0.452 e. The topological polar surface area (TPSA) is 75.6 Å². The molecule has 0 spiro atoms. The summed E-state index contributed by atoms with van der Waals surface area (Å²) in [5.74, 6) is -1.01. The summed E-state index contributed by atoms with van der Waals surface area (Å²) in [5, 5.41) is 12.3. The number of aliphatic hydroxyl groups excluding tert-OH is 1. The molecule has 6 heteroatoms. The van der Waals surface area contributed by atoms with E-state index in [0.29, 0.717) is 16.1 Å². The van der Waals surface area contributed by atoms with Crippen molar-refractivity contribution in [3.8, 4) is 0 Å². The van der Waals surface area contributed by atoms with E-state index in [1.165, 1.54) is 12.1 Å². The highest BCUT2D eigenvalue weighted by Gasteiger charge is 2.14. The molecule has 0 aromatic heterocycles. The van der Waals surface area contributed by atoms with Gasteiger partial charge in [-0.15, -0.1) is 0 Å². The molecule has 0 aliphatic carbocycles. The zero-order valence-electron chi connectivity index (χ0n) is 13.2. The first-order valence-electron chi connectivity index (χ1n) is 7.42. The van der Waals surface area contributed by atoms with Crippen molar-refractivity contribution in [3.05, 3.63) is 70.2 Å². The maximum atomic E-state index is 11.9. The highest BCUT2D eigenvalue weighted by Crippen LogP contribution is 2.21. The van der Waals surface area contributed by atoms with Crippen molar-refractivity contribution in [2.45, 2.75) is 19.6 Å². The van der Waals surface area contributed by atoms with Crippen molar-refractivity contribution >= 4 is 23.5 Å². The van der Waals surface area contributed by atoms with Crippen LogP contribution in [-0.2, 0) is 16.1 Å². The quantitative estimate of drug-likeness (QED) is 0.788. The summed E-state index contributed by atoms with van der Waals surface area (Å²) in [4.78, 5) is 23.8. The molecule has 0 unspecified atom stereocenters. The fourth-order valence-electron chi connectivity index (χ4n) is 2.15. The molecule has 2 rings (SSSR count). The van der Waals surface area contributed by atoms with Gasteiger partial charge in [0.15, 0.2) is 6.61 Å². The number of hydrogen-bond acceptors (Lipinski definition) is 4. The summed E-state index contributed by atoms with van der Waals surface area (Å²) >= 11 is 6.08. The SMILES string of the molecule is C[C@@H](NC(=O)COC(=O)c1ccc(CO)cc1)c1ccccc1Cl. The average molecular weight is 348 g/mol. The standard InChI is InChI=1S/C18H18ClNO4/c1-12(15-4-2-3-5-16(15)19)20-17(22)11-24-18(23)14-8-6-13(10-21)7-9-14/h2-9,12,21H,10-11H2,1H3,(H,20,22)/t12-/m1/s1. The molecule has 2 aromatic carbocycles. The molecule has 5 nitrogen and oxygen atoms in total. The molecule has 0 aliphatic rings. The molecule has 126 valence electrons. The normalized spacial score (nSPS) is 11.6. The van der Waals surface area contributed by atoms with Crippen LogP contribution in [-0.4, -0.2) is 23.6 Å². The minimum atomic E-state index is -0.597. The first-order valence-corrected chi connectivity index (χ1v) is 7.79. The first-order chi connectivity index (χ1) is 11.5. The number of nitrogens with one attached hydrogen (secondary N) is 1. The van der Waals surface area contributed by atoms with Crippen LogP contribution in [0.5, 0.6) is 0 Å². The Bertz CT molecular complexity index is 715. The Morgan fingerprint density at radius 1 is 1.17 bits per heavy atom. The molecule has 0 heterocycles. The van der Waals surface area contributed by atoms with Crippen molar-refractivity contribution in [2.75, 3.05) is 6.61 Å². The van der Waals surface area contributed by atoms with Crippen molar-refractivity contribution in [1.29, 1.82) is 0 Å². The van der Waals surface area contributed by atoms with Gasteiger partial charge in [0.2, 0.25) is 0 Å². The van der Waals surface area contributed by atoms with Crippen LogP contribution in [0.2, 0.25) is 5.02 Å². The average Bonchev–Trinajstić information content (AvgIpc) is 2.60. The summed E-state index contributed by atoms with van der Waals surface area (Å²) in [7, 11) is 0. The predicted molar refractivity (Wildman–Crippen MR) is 90.7 cm³/mol. The van der Waals surface area contributed by atoms with Crippen molar-refractivity contribution in [3.63, 3.8) is 0 Å². The smallest absolute Gasteiger partial charge is 0.338 e. The van der Waals surface area contributed by atoms with E-state index in [4.69, 9.17) is 21.4 Å². The second-order valence-corrected chi connectivity index (χ2v) is 5.65. The molecule has 24 heavy (non-hydrogen) atoms. The number of rotatable bonds is 6.